The predicted octanol–water partition coefficient (Wildman–Crippen LogP) is 1.62. The summed E-state index contributed by atoms with van der Waals surface area (Å²) in [6.45, 7) is 4.33. The van der Waals surface area contributed by atoms with Crippen molar-refractivity contribution in [2.24, 2.45) is 11.8 Å². The van der Waals surface area contributed by atoms with Crippen LogP contribution in [0, 0.1) is 31.1 Å². The third-order valence-corrected chi connectivity index (χ3v) is 6.37. The minimum atomic E-state index is -3.43. The first-order valence-corrected chi connectivity index (χ1v) is 9.24. The Bertz CT molecular complexity index is 676. The number of nitrogens with one attached hydrogen (secondary N) is 1. The van der Waals surface area contributed by atoms with Crippen molar-refractivity contribution in [2.75, 3.05) is 19.6 Å². The number of hydrogen-bond acceptors (Lipinski definition) is 3. The summed E-state index contributed by atoms with van der Waals surface area (Å²) in [4.78, 5) is 2.66. The summed E-state index contributed by atoms with van der Waals surface area (Å²) < 4.78 is 27.5. The van der Waals surface area contributed by atoms with Gasteiger partial charge in [0.05, 0.1) is 4.90 Å². The molecule has 3 saturated heterocycles. The predicted molar refractivity (Wildman–Crippen MR) is 86.8 cm³/mol. The molecular weight excluding hydrogens is 296 g/mol. The Morgan fingerprint density at radius 2 is 2.09 bits per heavy atom. The number of rotatable bonds is 4. The van der Waals surface area contributed by atoms with Crippen LogP contribution >= 0.6 is 0 Å². The maximum Gasteiger partial charge on any atom is 0.240 e. The van der Waals surface area contributed by atoms with Crippen LogP contribution in [0.25, 0.3) is 0 Å². The van der Waals surface area contributed by atoms with E-state index in [9.17, 15) is 8.42 Å². The van der Waals surface area contributed by atoms with E-state index in [1.54, 1.807) is 12.1 Å². The normalized spacial score (nSPS) is 30.9. The molecular formula is C17H22N2O2S. The van der Waals surface area contributed by atoms with Crippen LogP contribution < -0.4 is 4.72 Å². The first-order chi connectivity index (χ1) is 10.5. The zero-order valence-electron chi connectivity index (χ0n) is 12.8. The molecule has 3 fully saturated rings. The minimum absolute atomic E-state index is 0.267. The van der Waals surface area contributed by atoms with Gasteiger partial charge in [0.25, 0.3) is 0 Å². The zero-order chi connectivity index (χ0) is 15.7. The van der Waals surface area contributed by atoms with E-state index in [4.69, 9.17) is 6.42 Å². The van der Waals surface area contributed by atoms with Gasteiger partial charge in [-0.15, -0.1) is 12.3 Å². The lowest BCUT2D eigenvalue weighted by atomic mass is 9.76. The first-order valence-electron chi connectivity index (χ1n) is 7.76. The molecule has 0 aromatic heterocycles. The Balaban J connectivity index is 1.63. The highest BCUT2D eigenvalue weighted by Crippen LogP contribution is 2.35. The Morgan fingerprint density at radius 3 is 2.68 bits per heavy atom. The molecule has 2 bridgehead atoms. The van der Waals surface area contributed by atoms with E-state index >= 15 is 0 Å². The Labute approximate surface area is 133 Å². The third kappa shape index (κ3) is 3.05. The molecule has 5 heteroatoms. The van der Waals surface area contributed by atoms with Gasteiger partial charge in [-0.05, 0) is 44.4 Å². The topological polar surface area (TPSA) is 49.4 Å². The fourth-order valence-corrected chi connectivity index (χ4v) is 4.62. The van der Waals surface area contributed by atoms with E-state index in [0.717, 1.165) is 31.5 Å². The van der Waals surface area contributed by atoms with Gasteiger partial charge in [-0.2, -0.15) is 0 Å². The van der Waals surface area contributed by atoms with E-state index < -0.39 is 10.0 Å². The molecule has 4 atom stereocenters. The van der Waals surface area contributed by atoms with Crippen LogP contribution in [0.2, 0.25) is 0 Å². The zero-order valence-corrected chi connectivity index (χ0v) is 13.6. The summed E-state index contributed by atoms with van der Waals surface area (Å²) in [5.74, 6) is 3.76. The molecule has 0 radical (unpaired) electrons. The van der Waals surface area contributed by atoms with Crippen molar-refractivity contribution in [1.82, 2.24) is 9.62 Å². The fourth-order valence-electron chi connectivity index (χ4n) is 3.55. The van der Waals surface area contributed by atoms with Crippen molar-refractivity contribution < 1.29 is 8.42 Å². The molecule has 3 aliphatic heterocycles. The van der Waals surface area contributed by atoms with Gasteiger partial charge in [-0.1, -0.05) is 17.7 Å². The molecule has 4 rings (SSSR count). The molecule has 4 nitrogen and oxygen atoms in total. The Hall–Kier alpha value is -1.35. The molecule has 22 heavy (non-hydrogen) atoms. The summed E-state index contributed by atoms with van der Waals surface area (Å²) >= 11 is 0. The number of hydrogen-bond donors (Lipinski definition) is 1. The van der Waals surface area contributed by atoms with Gasteiger partial charge in [0.1, 0.15) is 0 Å². The van der Waals surface area contributed by atoms with Crippen LogP contribution in [-0.4, -0.2) is 39.0 Å². The van der Waals surface area contributed by atoms with E-state index in [2.05, 4.69) is 15.5 Å². The maximum atomic E-state index is 12.4. The van der Waals surface area contributed by atoms with Gasteiger partial charge in [0.15, 0.2) is 0 Å². The van der Waals surface area contributed by atoms with E-state index in [-0.39, 0.29) is 6.04 Å². The highest BCUT2D eigenvalue weighted by atomic mass is 32.2. The van der Waals surface area contributed by atoms with Gasteiger partial charge < -0.3 is 0 Å². The summed E-state index contributed by atoms with van der Waals surface area (Å²) in [5, 5.41) is 0. The van der Waals surface area contributed by atoms with Crippen molar-refractivity contribution in [2.45, 2.75) is 30.7 Å². The van der Waals surface area contributed by atoms with E-state index in [1.807, 2.05) is 19.1 Å². The highest BCUT2D eigenvalue weighted by molar-refractivity contribution is 7.89. The second-order valence-electron chi connectivity index (χ2n) is 6.37. The molecule has 0 saturated carbocycles. The number of fused-ring (bicyclic) bond motifs is 3. The average molecular weight is 318 g/mol. The molecule has 1 N–H and O–H groups in total. The molecule has 0 spiro atoms. The molecule has 3 aliphatic rings. The standard InChI is InChI=1S/C17H22N2O2S/c1-3-14-12-19-9-8-15(14)10-16(19)11-18-22(20,21)17-6-4-13(2)5-7-17/h1,4-7,14-16,18H,8-12H2,2H3/t14-,15-,16+/m0/s1. The maximum absolute atomic E-state index is 12.4. The number of sulfonamides is 1. The summed E-state index contributed by atoms with van der Waals surface area (Å²) in [5.41, 5.74) is 1.05. The third-order valence-electron chi connectivity index (χ3n) is 4.93. The summed E-state index contributed by atoms with van der Waals surface area (Å²) in [7, 11) is -3.43. The molecule has 1 unspecified atom stereocenters. The van der Waals surface area contributed by atoms with Crippen LogP contribution in [-0.2, 0) is 10.0 Å². The van der Waals surface area contributed by atoms with Crippen LogP contribution in [0.4, 0.5) is 0 Å². The second kappa shape index (κ2) is 6.04. The lowest BCUT2D eigenvalue weighted by molar-refractivity contribution is 0.0251. The fraction of sp³-hybridized carbons (Fsp3) is 0.529. The summed E-state index contributed by atoms with van der Waals surface area (Å²) in [6, 6.07) is 7.21. The molecule has 0 aliphatic carbocycles. The van der Waals surface area contributed by atoms with Crippen molar-refractivity contribution >= 4 is 10.0 Å². The van der Waals surface area contributed by atoms with Crippen LogP contribution in [0.1, 0.15) is 18.4 Å². The molecule has 0 amide bonds. The smallest absolute Gasteiger partial charge is 0.240 e. The number of aryl methyl sites for hydroxylation is 1. The monoisotopic (exact) mass is 318 g/mol. The van der Waals surface area contributed by atoms with Crippen LogP contribution in [0.5, 0.6) is 0 Å². The van der Waals surface area contributed by atoms with E-state index in [0.29, 0.717) is 23.3 Å². The number of piperidine rings is 3. The quantitative estimate of drug-likeness (QED) is 0.858. The van der Waals surface area contributed by atoms with Gasteiger partial charge in [0, 0.05) is 25.0 Å². The summed E-state index contributed by atoms with van der Waals surface area (Å²) in [6.07, 6.45) is 7.70. The Morgan fingerprint density at radius 1 is 1.36 bits per heavy atom. The molecule has 3 heterocycles. The average Bonchev–Trinajstić information content (AvgIpc) is 2.54. The van der Waals surface area contributed by atoms with Crippen molar-refractivity contribution in [1.29, 1.82) is 0 Å². The van der Waals surface area contributed by atoms with Gasteiger partial charge in [-0.25, -0.2) is 13.1 Å². The largest absolute Gasteiger partial charge is 0.298 e. The number of terminal acetylenes is 1. The number of nitrogens with zero attached hydrogens (tertiary/aromatic N) is 1. The molecule has 1 aromatic rings. The number of benzene rings is 1. The van der Waals surface area contributed by atoms with Crippen LogP contribution in [0.3, 0.4) is 0 Å². The SMILES string of the molecule is C#C[C@H]1CN2CC[C@H]1C[C@@H]2CNS(=O)(=O)c1ccc(C)cc1. The lowest BCUT2D eigenvalue weighted by Gasteiger charge is -2.48. The van der Waals surface area contributed by atoms with E-state index in [1.165, 1.54) is 0 Å². The van der Waals surface area contributed by atoms with Gasteiger partial charge in [0.2, 0.25) is 10.0 Å². The minimum Gasteiger partial charge on any atom is -0.298 e. The van der Waals surface area contributed by atoms with Gasteiger partial charge in [-0.3, -0.25) is 4.90 Å². The lowest BCUT2D eigenvalue weighted by Crippen LogP contribution is -2.56. The van der Waals surface area contributed by atoms with Crippen LogP contribution in [0.15, 0.2) is 29.2 Å². The molecule has 1 aromatic carbocycles. The van der Waals surface area contributed by atoms with Crippen molar-refractivity contribution in [3.63, 3.8) is 0 Å². The first kappa shape index (κ1) is 15.5. The Kier molecular flexibility index (Phi) is 4.26. The molecule has 118 valence electrons. The van der Waals surface area contributed by atoms with Crippen molar-refractivity contribution in [3.8, 4) is 12.3 Å². The second-order valence-corrected chi connectivity index (χ2v) is 8.14. The van der Waals surface area contributed by atoms with Crippen molar-refractivity contribution in [3.05, 3.63) is 29.8 Å². The highest BCUT2D eigenvalue weighted by Gasteiger charge is 2.39. The van der Waals surface area contributed by atoms with Gasteiger partial charge >= 0.3 is 0 Å².